The first-order valence-corrected chi connectivity index (χ1v) is 13.6. The molecule has 3 aromatic carbocycles. The molecule has 0 aromatic heterocycles. The molecule has 7 nitrogen and oxygen atoms in total. The normalized spacial score (nSPS) is 14.6. The van der Waals surface area contributed by atoms with E-state index in [9.17, 15) is 14.4 Å². The molecule has 3 amide bonds. The molecule has 3 aromatic rings. The van der Waals surface area contributed by atoms with Crippen LogP contribution in [0, 0.1) is 18.3 Å². The molecule has 4 rings (SSSR count). The zero-order valence-corrected chi connectivity index (χ0v) is 23.7. The molecule has 1 aliphatic rings. The fourth-order valence-electron chi connectivity index (χ4n) is 4.66. The molecule has 2 N–H and O–H groups in total. The van der Waals surface area contributed by atoms with Crippen molar-refractivity contribution < 1.29 is 19.1 Å². The summed E-state index contributed by atoms with van der Waals surface area (Å²) in [6.07, 6.45) is 6.43. The fraction of sp³-hybridized carbons (Fsp3) is 0.364. The van der Waals surface area contributed by atoms with Crippen LogP contribution in [0.1, 0.15) is 64.6 Å². The highest BCUT2D eigenvalue weighted by molar-refractivity contribution is 6.00. The van der Waals surface area contributed by atoms with Gasteiger partial charge in [-0.15, -0.1) is 6.42 Å². The fourth-order valence-corrected chi connectivity index (χ4v) is 4.66. The second-order valence-electron chi connectivity index (χ2n) is 11.6. The molecule has 0 aliphatic heterocycles. The van der Waals surface area contributed by atoms with Gasteiger partial charge in [0.2, 0.25) is 5.91 Å². The van der Waals surface area contributed by atoms with Gasteiger partial charge in [0, 0.05) is 17.3 Å². The summed E-state index contributed by atoms with van der Waals surface area (Å²) in [5, 5.41) is 7.84. The molecule has 0 heterocycles. The van der Waals surface area contributed by atoms with E-state index in [0.717, 1.165) is 23.6 Å². The van der Waals surface area contributed by atoms with Crippen LogP contribution in [0.3, 0.4) is 0 Å². The van der Waals surface area contributed by atoms with E-state index in [1.807, 2.05) is 56.3 Å². The SMILES string of the molecule is C#Cc1ccc(C(C(=O)Nc2ccc3ccccc3c2)N(C(=O)C(NC(=O)OC(C)(C)C)C(C)C)C2CC2)cc1. The summed E-state index contributed by atoms with van der Waals surface area (Å²) in [7, 11) is 0. The second kappa shape index (κ2) is 11.8. The van der Waals surface area contributed by atoms with E-state index in [2.05, 4.69) is 16.6 Å². The van der Waals surface area contributed by atoms with Gasteiger partial charge in [-0.3, -0.25) is 9.59 Å². The third-order valence-corrected chi connectivity index (χ3v) is 6.74. The minimum absolute atomic E-state index is 0.131. The van der Waals surface area contributed by atoms with E-state index >= 15 is 0 Å². The Kier molecular flexibility index (Phi) is 8.49. The van der Waals surface area contributed by atoms with Crippen LogP contribution < -0.4 is 10.6 Å². The average molecular weight is 540 g/mol. The van der Waals surface area contributed by atoms with E-state index in [1.165, 1.54) is 0 Å². The number of nitrogens with zero attached hydrogens (tertiary/aromatic N) is 1. The lowest BCUT2D eigenvalue weighted by molar-refractivity contribution is -0.142. The number of hydrogen-bond donors (Lipinski definition) is 2. The van der Waals surface area contributed by atoms with Crippen molar-refractivity contribution in [2.24, 2.45) is 5.92 Å². The number of fused-ring (bicyclic) bond motifs is 1. The summed E-state index contributed by atoms with van der Waals surface area (Å²) >= 11 is 0. The first kappa shape index (κ1) is 28.7. The standard InChI is InChI=1S/C33H37N3O4/c1-7-22-12-14-24(15-13-22)29(30(37)34-26-17-16-23-10-8-9-11-25(23)20-26)36(27-18-19-27)31(38)28(21(2)3)35-32(39)40-33(4,5)6/h1,8-17,20-21,27-29H,18-19H2,2-6H3,(H,34,37)(H,35,39). The molecule has 208 valence electrons. The number of carbonyl (C=O) groups is 3. The quantitative estimate of drug-likeness (QED) is 0.342. The summed E-state index contributed by atoms with van der Waals surface area (Å²) in [6, 6.07) is 18.8. The number of rotatable bonds is 8. The number of benzene rings is 3. The van der Waals surface area contributed by atoms with Crippen molar-refractivity contribution in [3.05, 3.63) is 77.9 Å². The molecule has 1 fully saturated rings. The van der Waals surface area contributed by atoms with Gasteiger partial charge in [-0.2, -0.15) is 0 Å². The highest BCUT2D eigenvalue weighted by atomic mass is 16.6. The molecule has 2 unspecified atom stereocenters. The van der Waals surface area contributed by atoms with Crippen molar-refractivity contribution in [2.45, 2.75) is 71.2 Å². The van der Waals surface area contributed by atoms with Crippen molar-refractivity contribution >= 4 is 34.4 Å². The third-order valence-electron chi connectivity index (χ3n) is 6.74. The Balaban J connectivity index is 1.69. The molecule has 0 saturated heterocycles. The third kappa shape index (κ3) is 7.01. The van der Waals surface area contributed by atoms with Crippen molar-refractivity contribution in [3.8, 4) is 12.3 Å². The summed E-state index contributed by atoms with van der Waals surface area (Å²) in [6.45, 7) is 9.01. The van der Waals surface area contributed by atoms with Gasteiger partial charge in [-0.1, -0.05) is 62.2 Å². The zero-order valence-electron chi connectivity index (χ0n) is 23.7. The van der Waals surface area contributed by atoms with Gasteiger partial charge in [0.05, 0.1) is 0 Å². The van der Waals surface area contributed by atoms with Crippen LogP contribution in [-0.2, 0) is 14.3 Å². The van der Waals surface area contributed by atoms with Gasteiger partial charge in [-0.05, 0) is 80.1 Å². The second-order valence-corrected chi connectivity index (χ2v) is 11.6. The maximum absolute atomic E-state index is 14.2. The van der Waals surface area contributed by atoms with Crippen molar-refractivity contribution in [2.75, 3.05) is 5.32 Å². The van der Waals surface area contributed by atoms with Crippen LogP contribution in [0.15, 0.2) is 66.7 Å². The molecule has 1 aliphatic carbocycles. The van der Waals surface area contributed by atoms with Crippen LogP contribution in [0.5, 0.6) is 0 Å². The van der Waals surface area contributed by atoms with Gasteiger partial charge in [0.15, 0.2) is 0 Å². The summed E-state index contributed by atoms with van der Waals surface area (Å²) < 4.78 is 5.44. The van der Waals surface area contributed by atoms with Crippen LogP contribution in [0.25, 0.3) is 10.8 Å². The lowest BCUT2D eigenvalue weighted by atomic mass is 9.98. The minimum atomic E-state index is -0.931. The van der Waals surface area contributed by atoms with Crippen molar-refractivity contribution in [1.29, 1.82) is 0 Å². The average Bonchev–Trinajstić information content (AvgIpc) is 3.74. The molecular formula is C33H37N3O4. The molecule has 1 saturated carbocycles. The molecule has 2 atom stereocenters. The summed E-state index contributed by atoms with van der Waals surface area (Å²) in [5.41, 5.74) is 1.22. The molecule has 0 bridgehead atoms. The number of alkyl carbamates (subject to hydrolysis) is 1. The Morgan fingerprint density at radius 3 is 2.20 bits per heavy atom. The number of ether oxygens (including phenoxy) is 1. The van der Waals surface area contributed by atoms with Crippen molar-refractivity contribution in [1.82, 2.24) is 10.2 Å². The van der Waals surface area contributed by atoms with E-state index in [-0.39, 0.29) is 23.8 Å². The van der Waals surface area contributed by atoms with E-state index < -0.39 is 23.8 Å². The van der Waals surface area contributed by atoms with Crippen LogP contribution in [0.4, 0.5) is 10.5 Å². The summed E-state index contributed by atoms with van der Waals surface area (Å²) in [5.74, 6) is 1.68. The Morgan fingerprint density at radius 2 is 1.62 bits per heavy atom. The Hall–Kier alpha value is -4.31. The molecule has 40 heavy (non-hydrogen) atoms. The summed E-state index contributed by atoms with van der Waals surface area (Å²) in [4.78, 5) is 42.5. The maximum atomic E-state index is 14.2. The number of carbonyl (C=O) groups excluding carboxylic acids is 3. The molecular weight excluding hydrogens is 502 g/mol. The smallest absolute Gasteiger partial charge is 0.408 e. The number of terminal acetylenes is 1. The van der Waals surface area contributed by atoms with Gasteiger partial charge < -0.3 is 20.3 Å². The number of hydrogen-bond acceptors (Lipinski definition) is 4. The zero-order chi connectivity index (χ0) is 29.0. The first-order valence-electron chi connectivity index (χ1n) is 13.6. The van der Waals surface area contributed by atoms with Gasteiger partial charge in [0.25, 0.3) is 5.91 Å². The maximum Gasteiger partial charge on any atom is 0.408 e. The molecule has 0 radical (unpaired) electrons. The van der Waals surface area contributed by atoms with Crippen LogP contribution >= 0.6 is 0 Å². The number of nitrogens with one attached hydrogen (secondary N) is 2. The lowest BCUT2D eigenvalue weighted by Crippen LogP contribution is -2.55. The highest BCUT2D eigenvalue weighted by Crippen LogP contribution is 2.37. The topological polar surface area (TPSA) is 87.7 Å². The number of anilines is 1. The van der Waals surface area contributed by atoms with Gasteiger partial charge in [-0.25, -0.2) is 4.79 Å². The molecule has 7 heteroatoms. The van der Waals surface area contributed by atoms with Crippen LogP contribution in [0.2, 0.25) is 0 Å². The lowest BCUT2D eigenvalue weighted by Gasteiger charge is -2.35. The first-order chi connectivity index (χ1) is 19.0. The highest BCUT2D eigenvalue weighted by Gasteiger charge is 2.44. The van der Waals surface area contributed by atoms with Crippen LogP contribution in [-0.4, -0.2) is 40.5 Å². The van der Waals surface area contributed by atoms with E-state index in [1.54, 1.807) is 49.9 Å². The van der Waals surface area contributed by atoms with E-state index in [0.29, 0.717) is 16.8 Å². The monoisotopic (exact) mass is 539 g/mol. The van der Waals surface area contributed by atoms with E-state index in [4.69, 9.17) is 11.2 Å². The Labute approximate surface area is 236 Å². The largest absolute Gasteiger partial charge is 0.444 e. The molecule has 0 spiro atoms. The predicted molar refractivity (Wildman–Crippen MR) is 158 cm³/mol. The van der Waals surface area contributed by atoms with Gasteiger partial charge >= 0.3 is 6.09 Å². The van der Waals surface area contributed by atoms with Gasteiger partial charge in [0.1, 0.15) is 17.7 Å². The minimum Gasteiger partial charge on any atom is -0.444 e. The Bertz CT molecular complexity index is 1430. The predicted octanol–water partition coefficient (Wildman–Crippen LogP) is 6.04. The Morgan fingerprint density at radius 1 is 0.975 bits per heavy atom. The number of amides is 3. The van der Waals surface area contributed by atoms with Crippen molar-refractivity contribution in [3.63, 3.8) is 0 Å².